The maximum absolute atomic E-state index is 12.7. The monoisotopic (exact) mass is 354 g/mol. The molecule has 0 unspecified atom stereocenters. The van der Waals surface area contributed by atoms with Crippen LogP contribution < -0.4 is 0 Å². The zero-order chi connectivity index (χ0) is 14.7. The molecule has 0 aliphatic heterocycles. The van der Waals surface area contributed by atoms with Gasteiger partial charge < -0.3 is 9.47 Å². The second kappa shape index (κ2) is 6.59. The first-order valence-corrected chi connectivity index (χ1v) is 8.39. The number of aromatic nitrogens is 1. The summed E-state index contributed by atoms with van der Waals surface area (Å²) in [6.07, 6.45) is 1.97. The van der Waals surface area contributed by atoms with Gasteiger partial charge in [0.05, 0.1) is 6.54 Å². The standard InChI is InChI=1S/C15H19BrN2OS/c1-4-17(10-13-6-5-7-20-13)15(19)14-8-12(16)9-18(14)11(2)3/h5-9,11H,4,10H2,1-3H3. The number of halogens is 1. The summed E-state index contributed by atoms with van der Waals surface area (Å²) < 4.78 is 2.96. The topological polar surface area (TPSA) is 25.2 Å². The lowest BCUT2D eigenvalue weighted by Gasteiger charge is -2.22. The van der Waals surface area contributed by atoms with Gasteiger partial charge in [0.2, 0.25) is 0 Å². The van der Waals surface area contributed by atoms with Gasteiger partial charge in [0.25, 0.3) is 5.91 Å². The zero-order valence-corrected chi connectivity index (χ0v) is 14.4. The Labute approximate surface area is 132 Å². The average Bonchev–Trinajstić information content (AvgIpc) is 3.04. The van der Waals surface area contributed by atoms with Gasteiger partial charge in [-0.1, -0.05) is 6.07 Å². The fourth-order valence-electron chi connectivity index (χ4n) is 2.12. The van der Waals surface area contributed by atoms with Gasteiger partial charge in [-0.15, -0.1) is 11.3 Å². The Hall–Kier alpha value is -1.07. The highest BCUT2D eigenvalue weighted by atomic mass is 79.9. The maximum Gasteiger partial charge on any atom is 0.270 e. The Morgan fingerprint density at radius 1 is 1.50 bits per heavy atom. The third-order valence-corrected chi connectivity index (χ3v) is 4.48. The Bertz CT molecular complexity index is 575. The maximum atomic E-state index is 12.7. The molecule has 0 spiro atoms. The normalized spacial score (nSPS) is 11.1. The predicted octanol–water partition coefficient (Wildman–Crippen LogP) is 4.56. The summed E-state index contributed by atoms with van der Waals surface area (Å²) >= 11 is 5.15. The molecule has 2 aromatic heterocycles. The minimum Gasteiger partial charge on any atom is -0.340 e. The Kier molecular flexibility index (Phi) is 5.05. The smallest absolute Gasteiger partial charge is 0.270 e. The fraction of sp³-hybridized carbons (Fsp3) is 0.400. The molecule has 0 aliphatic rings. The summed E-state index contributed by atoms with van der Waals surface area (Å²) in [7, 11) is 0. The molecule has 0 fully saturated rings. The molecule has 0 atom stereocenters. The van der Waals surface area contributed by atoms with Crippen LogP contribution in [0.4, 0.5) is 0 Å². The molecule has 0 aromatic carbocycles. The lowest BCUT2D eigenvalue weighted by Crippen LogP contribution is -2.31. The summed E-state index contributed by atoms with van der Waals surface area (Å²) in [4.78, 5) is 15.8. The molecule has 0 N–H and O–H groups in total. The summed E-state index contributed by atoms with van der Waals surface area (Å²) in [6, 6.07) is 6.25. The molecule has 3 nitrogen and oxygen atoms in total. The first kappa shape index (κ1) is 15.3. The van der Waals surface area contributed by atoms with Crippen molar-refractivity contribution < 1.29 is 4.79 Å². The van der Waals surface area contributed by atoms with Crippen molar-refractivity contribution >= 4 is 33.2 Å². The van der Waals surface area contributed by atoms with Crippen molar-refractivity contribution in [3.05, 3.63) is 44.8 Å². The lowest BCUT2D eigenvalue weighted by molar-refractivity contribution is 0.0741. The molecule has 0 saturated carbocycles. The van der Waals surface area contributed by atoms with E-state index in [0.717, 1.165) is 10.2 Å². The highest BCUT2D eigenvalue weighted by Gasteiger charge is 2.20. The quantitative estimate of drug-likeness (QED) is 0.772. The number of carbonyl (C=O) groups is 1. The van der Waals surface area contributed by atoms with E-state index in [-0.39, 0.29) is 11.9 Å². The predicted molar refractivity (Wildman–Crippen MR) is 87.3 cm³/mol. The van der Waals surface area contributed by atoms with Gasteiger partial charge in [-0.2, -0.15) is 0 Å². The van der Waals surface area contributed by atoms with Crippen LogP contribution in [-0.2, 0) is 6.54 Å². The van der Waals surface area contributed by atoms with Crippen LogP contribution in [0.2, 0.25) is 0 Å². The van der Waals surface area contributed by atoms with Crippen LogP contribution in [-0.4, -0.2) is 21.9 Å². The van der Waals surface area contributed by atoms with Crippen LogP contribution in [0.5, 0.6) is 0 Å². The summed E-state index contributed by atoms with van der Waals surface area (Å²) in [5.41, 5.74) is 0.741. The number of hydrogen-bond acceptors (Lipinski definition) is 2. The molecule has 20 heavy (non-hydrogen) atoms. The van der Waals surface area contributed by atoms with Crippen LogP contribution in [0.3, 0.4) is 0 Å². The van der Waals surface area contributed by atoms with E-state index in [2.05, 4.69) is 35.8 Å². The van der Waals surface area contributed by atoms with E-state index in [9.17, 15) is 4.79 Å². The third kappa shape index (κ3) is 3.33. The average molecular weight is 355 g/mol. The third-order valence-electron chi connectivity index (χ3n) is 3.19. The van der Waals surface area contributed by atoms with Gasteiger partial charge in [-0.3, -0.25) is 4.79 Å². The van der Waals surface area contributed by atoms with Crippen LogP contribution in [0.15, 0.2) is 34.2 Å². The van der Waals surface area contributed by atoms with Gasteiger partial charge in [0.1, 0.15) is 5.69 Å². The SMILES string of the molecule is CCN(Cc1cccs1)C(=O)c1cc(Br)cn1C(C)C. The van der Waals surface area contributed by atoms with E-state index < -0.39 is 0 Å². The molecule has 0 aliphatic carbocycles. The van der Waals surface area contributed by atoms with Gasteiger partial charge in [-0.05, 0) is 54.2 Å². The largest absolute Gasteiger partial charge is 0.340 e. The van der Waals surface area contributed by atoms with Crippen LogP contribution >= 0.6 is 27.3 Å². The van der Waals surface area contributed by atoms with Gasteiger partial charge in [0, 0.05) is 28.1 Å². The van der Waals surface area contributed by atoms with E-state index in [1.807, 2.05) is 40.1 Å². The molecular weight excluding hydrogens is 336 g/mol. The van der Waals surface area contributed by atoms with E-state index in [1.165, 1.54) is 4.88 Å². The van der Waals surface area contributed by atoms with Crippen molar-refractivity contribution in [2.75, 3.05) is 6.54 Å². The van der Waals surface area contributed by atoms with Gasteiger partial charge in [-0.25, -0.2) is 0 Å². The minimum atomic E-state index is 0.0836. The molecule has 108 valence electrons. The van der Waals surface area contributed by atoms with Crippen molar-refractivity contribution in [1.82, 2.24) is 9.47 Å². The Morgan fingerprint density at radius 2 is 2.25 bits per heavy atom. The molecular formula is C15H19BrN2OS. The summed E-state index contributed by atoms with van der Waals surface area (Å²) in [5.74, 6) is 0.0836. The fourth-order valence-corrected chi connectivity index (χ4v) is 3.28. The molecule has 0 bridgehead atoms. The van der Waals surface area contributed by atoms with Crippen LogP contribution in [0.25, 0.3) is 0 Å². The van der Waals surface area contributed by atoms with Crippen LogP contribution in [0, 0.1) is 0 Å². The first-order chi connectivity index (χ1) is 9.52. The molecule has 2 aromatic rings. The Morgan fingerprint density at radius 3 is 2.80 bits per heavy atom. The molecule has 5 heteroatoms. The highest BCUT2D eigenvalue weighted by Crippen LogP contribution is 2.22. The first-order valence-electron chi connectivity index (χ1n) is 6.72. The van der Waals surface area contributed by atoms with E-state index in [1.54, 1.807) is 11.3 Å². The molecule has 2 rings (SSSR count). The number of carbonyl (C=O) groups excluding carboxylic acids is 1. The molecule has 0 radical (unpaired) electrons. The van der Waals surface area contributed by atoms with E-state index in [4.69, 9.17) is 0 Å². The number of hydrogen-bond donors (Lipinski definition) is 0. The van der Waals surface area contributed by atoms with Gasteiger partial charge >= 0.3 is 0 Å². The van der Waals surface area contributed by atoms with Gasteiger partial charge in [0.15, 0.2) is 0 Å². The van der Waals surface area contributed by atoms with Crippen LogP contribution in [0.1, 0.15) is 42.2 Å². The number of amides is 1. The van der Waals surface area contributed by atoms with E-state index in [0.29, 0.717) is 13.1 Å². The zero-order valence-electron chi connectivity index (χ0n) is 12.0. The van der Waals surface area contributed by atoms with Crippen molar-refractivity contribution in [1.29, 1.82) is 0 Å². The second-order valence-corrected chi connectivity index (χ2v) is 6.89. The van der Waals surface area contributed by atoms with E-state index >= 15 is 0 Å². The molecule has 1 amide bonds. The summed E-state index contributed by atoms with van der Waals surface area (Å²) in [5, 5.41) is 2.04. The number of rotatable bonds is 5. The second-order valence-electron chi connectivity index (χ2n) is 4.94. The molecule has 2 heterocycles. The highest BCUT2D eigenvalue weighted by molar-refractivity contribution is 9.10. The van der Waals surface area contributed by atoms with Crippen molar-refractivity contribution in [2.45, 2.75) is 33.4 Å². The van der Waals surface area contributed by atoms with Crippen molar-refractivity contribution in [3.63, 3.8) is 0 Å². The minimum absolute atomic E-state index is 0.0836. The number of thiophene rings is 1. The van der Waals surface area contributed by atoms with Crippen molar-refractivity contribution in [2.24, 2.45) is 0 Å². The Balaban J connectivity index is 2.24. The van der Waals surface area contributed by atoms with Crippen molar-refractivity contribution in [3.8, 4) is 0 Å². The number of nitrogens with zero attached hydrogens (tertiary/aromatic N) is 2. The lowest BCUT2D eigenvalue weighted by atomic mass is 10.3. The molecule has 0 saturated heterocycles. The summed E-state index contributed by atoms with van der Waals surface area (Å²) in [6.45, 7) is 7.56.